The van der Waals surface area contributed by atoms with E-state index >= 15 is 0 Å². The van der Waals surface area contributed by atoms with Gasteiger partial charge < -0.3 is 10.2 Å². The average Bonchev–Trinajstić information content (AvgIpc) is 3.27. The van der Waals surface area contributed by atoms with E-state index in [-0.39, 0.29) is 12.5 Å². The van der Waals surface area contributed by atoms with Gasteiger partial charge in [-0.1, -0.05) is 60.7 Å². The molecule has 32 heavy (non-hydrogen) atoms. The molecular weight excluding hydrogens is 400 g/mol. The van der Waals surface area contributed by atoms with Gasteiger partial charge >= 0.3 is 0 Å². The largest absolute Gasteiger partial charge is 0.360 e. The van der Waals surface area contributed by atoms with E-state index in [1.54, 1.807) is 4.52 Å². The Morgan fingerprint density at radius 2 is 1.62 bits per heavy atom. The first-order valence-electron chi connectivity index (χ1n) is 11.1. The molecule has 1 aliphatic heterocycles. The summed E-state index contributed by atoms with van der Waals surface area (Å²) >= 11 is 0. The second-order valence-electron chi connectivity index (χ2n) is 8.25. The Morgan fingerprint density at radius 1 is 0.906 bits per heavy atom. The molecule has 0 atom stereocenters. The Morgan fingerprint density at radius 3 is 2.38 bits per heavy atom. The van der Waals surface area contributed by atoms with Gasteiger partial charge in [0.05, 0.1) is 6.54 Å². The SMILES string of the molecule is O=C(CNc1ccc2nnc(-c3ccccc3)n2n1)N1CCC(Cc2ccccc2)CC1. The molecule has 1 N–H and O–H groups in total. The number of amides is 1. The van der Waals surface area contributed by atoms with Crippen LogP contribution in [0.5, 0.6) is 0 Å². The summed E-state index contributed by atoms with van der Waals surface area (Å²) in [7, 11) is 0. The summed E-state index contributed by atoms with van der Waals surface area (Å²) in [5.74, 6) is 2.05. The number of hydrogen-bond donors (Lipinski definition) is 1. The lowest BCUT2D eigenvalue weighted by atomic mass is 9.90. The standard InChI is InChI=1S/C25H26N6O/c32-24(30-15-13-20(14-16-30)17-19-7-3-1-4-8-19)18-26-22-11-12-23-27-28-25(31(23)29-22)21-9-5-2-6-10-21/h1-12,20H,13-18H2,(H,26,29). The smallest absolute Gasteiger partial charge is 0.241 e. The van der Waals surface area contributed by atoms with Gasteiger partial charge in [-0.25, -0.2) is 0 Å². The van der Waals surface area contributed by atoms with Gasteiger partial charge in [-0.05, 0) is 42.9 Å². The van der Waals surface area contributed by atoms with Crippen molar-refractivity contribution >= 4 is 17.4 Å². The molecular formula is C25H26N6O. The maximum atomic E-state index is 12.7. The van der Waals surface area contributed by atoms with Gasteiger partial charge in [0.25, 0.3) is 0 Å². The van der Waals surface area contributed by atoms with Crippen LogP contribution in [0.4, 0.5) is 5.82 Å². The van der Waals surface area contributed by atoms with Crippen LogP contribution >= 0.6 is 0 Å². The molecule has 4 aromatic rings. The lowest BCUT2D eigenvalue weighted by Crippen LogP contribution is -2.41. The Hall–Kier alpha value is -3.74. The number of carbonyl (C=O) groups excluding carboxylic acids is 1. The first-order chi connectivity index (χ1) is 15.8. The molecule has 0 saturated carbocycles. The summed E-state index contributed by atoms with van der Waals surface area (Å²) in [6, 6.07) is 24.1. The molecule has 1 fully saturated rings. The van der Waals surface area contributed by atoms with E-state index in [0.29, 0.717) is 23.2 Å². The van der Waals surface area contributed by atoms with Gasteiger partial charge in [0.1, 0.15) is 5.82 Å². The predicted molar refractivity (Wildman–Crippen MR) is 124 cm³/mol. The van der Waals surface area contributed by atoms with Crippen LogP contribution in [0.3, 0.4) is 0 Å². The molecule has 2 aromatic heterocycles. The van der Waals surface area contributed by atoms with Crippen LogP contribution < -0.4 is 5.32 Å². The Bertz CT molecular complexity index is 1180. The number of anilines is 1. The Balaban J connectivity index is 1.17. The van der Waals surface area contributed by atoms with Crippen molar-refractivity contribution in [3.05, 3.63) is 78.4 Å². The quantitative estimate of drug-likeness (QED) is 0.509. The Labute approximate surface area is 187 Å². The Kier molecular flexibility index (Phi) is 5.79. The normalized spacial score (nSPS) is 14.6. The zero-order valence-electron chi connectivity index (χ0n) is 17.9. The molecule has 2 aromatic carbocycles. The van der Waals surface area contributed by atoms with E-state index in [4.69, 9.17) is 0 Å². The number of nitrogens with zero attached hydrogens (tertiary/aromatic N) is 5. The molecule has 0 bridgehead atoms. The first-order valence-corrected chi connectivity index (χ1v) is 11.1. The second-order valence-corrected chi connectivity index (χ2v) is 8.25. The van der Waals surface area contributed by atoms with Crippen LogP contribution in [0, 0.1) is 5.92 Å². The van der Waals surface area contributed by atoms with Crippen LogP contribution in [0.1, 0.15) is 18.4 Å². The van der Waals surface area contributed by atoms with Crippen LogP contribution in [0.2, 0.25) is 0 Å². The predicted octanol–water partition coefficient (Wildman–Crippen LogP) is 3.68. The summed E-state index contributed by atoms with van der Waals surface area (Å²) < 4.78 is 1.71. The summed E-state index contributed by atoms with van der Waals surface area (Å²) in [5, 5.41) is 16.2. The molecule has 7 heteroatoms. The minimum Gasteiger partial charge on any atom is -0.360 e. The third-order valence-corrected chi connectivity index (χ3v) is 6.05. The maximum Gasteiger partial charge on any atom is 0.241 e. The van der Waals surface area contributed by atoms with E-state index in [9.17, 15) is 4.79 Å². The van der Waals surface area contributed by atoms with E-state index in [1.165, 1.54) is 5.56 Å². The fraction of sp³-hybridized carbons (Fsp3) is 0.280. The highest BCUT2D eigenvalue weighted by Crippen LogP contribution is 2.22. The topological polar surface area (TPSA) is 75.4 Å². The highest BCUT2D eigenvalue weighted by molar-refractivity contribution is 5.80. The number of rotatable bonds is 6. The van der Waals surface area contributed by atoms with Crippen molar-refractivity contribution in [3.8, 4) is 11.4 Å². The zero-order valence-corrected chi connectivity index (χ0v) is 17.9. The molecule has 1 amide bonds. The van der Waals surface area contributed by atoms with Crippen molar-refractivity contribution in [1.82, 2.24) is 24.7 Å². The fourth-order valence-corrected chi connectivity index (χ4v) is 4.26. The first kappa shape index (κ1) is 20.2. The van der Waals surface area contributed by atoms with Crippen molar-refractivity contribution in [2.45, 2.75) is 19.3 Å². The van der Waals surface area contributed by atoms with Crippen LogP contribution in [0.25, 0.3) is 17.0 Å². The van der Waals surface area contributed by atoms with Crippen molar-refractivity contribution in [2.24, 2.45) is 5.92 Å². The highest BCUT2D eigenvalue weighted by atomic mass is 16.2. The van der Waals surface area contributed by atoms with E-state index < -0.39 is 0 Å². The van der Waals surface area contributed by atoms with Crippen molar-refractivity contribution in [2.75, 3.05) is 25.0 Å². The van der Waals surface area contributed by atoms with E-state index in [2.05, 4.69) is 50.9 Å². The number of aromatic nitrogens is 4. The van der Waals surface area contributed by atoms with E-state index in [1.807, 2.05) is 47.4 Å². The summed E-state index contributed by atoms with van der Waals surface area (Å²) in [6.07, 6.45) is 3.19. The molecule has 5 rings (SSSR count). The molecule has 0 unspecified atom stereocenters. The number of likely N-dealkylation sites (tertiary alicyclic amines) is 1. The molecule has 7 nitrogen and oxygen atoms in total. The van der Waals surface area contributed by atoms with Crippen molar-refractivity contribution in [1.29, 1.82) is 0 Å². The molecule has 3 heterocycles. The minimum atomic E-state index is 0.108. The molecule has 0 aliphatic carbocycles. The summed E-state index contributed by atoms with van der Waals surface area (Å²) in [6.45, 7) is 1.85. The number of benzene rings is 2. The van der Waals surface area contributed by atoms with Crippen molar-refractivity contribution in [3.63, 3.8) is 0 Å². The second kappa shape index (κ2) is 9.18. The van der Waals surface area contributed by atoms with Crippen molar-refractivity contribution < 1.29 is 4.79 Å². The third kappa shape index (κ3) is 4.46. The summed E-state index contributed by atoms with van der Waals surface area (Å²) in [4.78, 5) is 14.7. The van der Waals surface area contributed by atoms with Crippen LogP contribution in [0.15, 0.2) is 72.8 Å². The average molecular weight is 427 g/mol. The minimum absolute atomic E-state index is 0.108. The highest BCUT2D eigenvalue weighted by Gasteiger charge is 2.23. The molecule has 162 valence electrons. The lowest BCUT2D eigenvalue weighted by molar-refractivity contribution is -0.130. The number of nitrogens with one attached hydrogen (secondary N) is 1. The van der Waals surface area contributed by atoms with Gasteiger partial charge in [-0.15, -0.1) is 15.3 Å². The number of carbonyl (C=O) groups is 1. The lowest BCUT2D eigenvalue weighted by Gasteiger charge is -2.32. The van der Waals surface area contributed by atoms with Crippen LogP contribution in [-0.2, 0) is 11.2 Å². The number of fused-ring (bicyclic) bond motifs is 1. The number of piperidine rings is 1. The number of hydrogen-bond acceptors (Lipinski definition) is 5. The van der Waals surface area contributed by atoms with Gasteiger partial charge in [-0.2, -0.15) is 4.52 Å². The molecule has 1 aliphatic rings. The zero-order chi connectivity index (χ0) is 21.8. The van der Waals surface area contributed by atoms with Gasteiger partial charge in [0.2, 0.25) is 5.91 Å². The van der Waals surface area contributed by atoms with Gasteiger partial charge in [-0.3, -0.25) is 4.79 Å². The fourth-order valence-electron chi connectivity index (χ4n) is 4.26. The van der Waals surface area contributed by atoms with Gasteiger partial charge in [0, 0.05) is 18.7 Å². The molecule has 1 saturated heterocycles. The van der Waals surface area contributed by atoms with Crippen LogP contribution in [-0.4, -0.2) is 50.3 Å². The molecule has 0 radical (unpaired) electrons. The summed E-state index contributed by atoms with van der Waals surface area (Å²) in [5.41, 5.74) is 2.99. The van der Waals surface area contributed by atoms with E-state index in [0.717, 1.165) is 37.9 Å². The maximum absolute atomic E-state index is 12.7. The van der Waals surface area contributed by atoms with Gasteiger partial charge in [0.15, 0.2) is 11.5 Å². The third-order valence-electron chi connectivity index (χ3n) is 6.05. The monoisotopic (exact) mass is 426 g/mol. The molecule has 0 spiro atoms.